The average molecular weight is 336 g/mol. The van der Waals surface area contributed by atoms with Crippen LogP contribution in [0.15, 0.2) is 22.7 Å². The van der Waals surface area contributed by atoms with Gasteiger partial charge in [-0.15, -0.1) is 11.6 Å². The first-order chi connectivity index (χ1) is 8.67. The molecule has 100 valence electrons. The van der Waals surface area contributed by atoms with Crippen LogP contribution in [-0.2, 0) is 4.74 Å². The molecule has 1 saturated carbocycles. The van der Waals surface area contributed by atoms with Crippen LogP contribution in [0, 0.1) is 0 Å². The monoisotopic (exact) mass is 334 g/mol. The van der Waals surface area contributed by atoms with Crippen molar-refractivity contribution in [3.63, 3.8) is 0 Å². The molecule has 5 heteroatoms. The third kappa shape index (κ3) is 2.76. The number of hydrogen-bond donors (Lipinski definition) is 0. The van der Waals surface area contributed by atoms with Crippen LogP contribution >= 0.6 is 27.5 Å². The van der Waals surface area contributed by atoms with Crippen LogP contribution in [0.25, 0.3) is 0 Å². The fourth-order valence-corrected chi connectivity index (χ4v) is 2.81. The molecule has 0 radical (unpaired) electrons. The molecule has 2 rings (SSSR count). The summed E-state index contributed by atoms with van der Waals surface area (Å²) in [6.07, 6.45) is 0.727. The van der Waals surface area contributed by atoms with Crippen molar-refractivity contribution in [1.82, 2.24) is 0 Å². The van der Waals surface area contributed by atoms with Crippen molar-refractivity contribution in [3.8, 4) is 11.5 Å². The number of methoxy groups -OCH3 is 1. The highest BCUT2D eigenvalue weighted by Crippen LogP contribution is 2.40. The van der Waals surface area contributed by atoms with E-state index in [4.69, 9.17) is 25.8 Å². The first-order valence-electron chi connectivity index (χ1n) is 5.92. The van der Waals surface area contributed by atoms with E-state index in [2.05, 4.69) is 15.9 Å². The first kappa shape index (κ1) is 14.0. The quantitative estimate of drug-likeness (QED) is 0.769. The van der Waals surface area contributed by atoms with Crippen LogP contribution < -0.4 is 9.47 Å². The number of rotatable bonds is 5. The summed E-state index contributed by atoms with van der Waals surface area (Å²) in [4.78, 5) is 0. The molecule has 0 bridgehead atoms. The molecule has 0 amide bonds. The lowest BCUT2D eigenvalue weighted by molar-refractivity contribution is -0.0768. The standard InChI is InChI=1S/C13H16BrClO3/c1-3-17-13-9(15)7-11(13)18-12-8(14)5-4-6-10(12)16-2/h4-6,9,11,13H,3,7H2,1-2H3. The van der Waals surface area contributed by atoms with Crippen molar-refractivity contribution in [3.05, 3.63) is 22.7 Å². The third-order valence-electron chi connectivity index (χ3n) is 2.96. The molecule has 0 heterocycles. The molecule has 0 aromatic heterocycles. The van der Waals surface area contributed by atoms with Crippen LogP contribution in [0.1, 0.15) is 13.3 Å². The average Bonchev–Trinajstić information content (AvgIpc) is 2.37. The Balaban J connectivity index is 2.10. The summed E-state index contributed by atoms with van der Waals surface area (Å²) in [5, 5.41) is 0.0310. The Morgan fingerprint density at radius 2 is 2.22 bits per heavy atom. The number of benzene rings is 1. The number of ether oxygens (including phenoxy) is 3. The fourth-order valence-electron chi connectivity index (χ4n) is 1.96. The van der Waals surface area contributed by atoms with Gasteiger partial charge in [-0.1, -0.05) is 6.07 Å². The van der Waals surface area contributed by atoms with Crippen molar-refractivity contribution in [1.29, 1.82) is 0 Å². The maximum atomic E-state index is 6.12. The van der Waals surface area contributed by atoms with E-state index in [9.17, 15) is 0 Å². The van der Waals surface area contributed by atoms with Gasteiger partial charge in [0.15, 0.2) is 11.5 Å². The molecule has 3 unspecified atom stereocenters. The van der Waals surface area contributed by atoms with E-state index in [-0.39, 0.29) is 17.6 Å². The van der Waals surface area contributed by atoms with Gasteiger partial charge in [-0.3, -0.25) is 0 Å². The second kappa shape index (κ2) is 6.13. The van der Waals surface area contributed by atoms with Gasteiger partial charge in [0, 0.05) is 13.0 Å². The van der Waals surface area contributed by atoms with Crippen LogP contribution in [0.2, 0.25) is 0 Å². The van der Waals surface area contributed by atoms with Crippen LogP contribution in [0.4, 0.5) is 0 Å². The zero-order valence-corrected chi connectivity index (χ0v) is 12.7. The second-order valence-electron chi connectivity index (χ2n) is 4.10. The SMILES string of the molecule is CCOC1C(Cl)CC1Oc1c(Br)cccc1OC. The fraction of sp³-hybridized carbons (Fsp3) is 0.538. The second-order valence-corrected chi connectivity index (χ2v) is 5.51. The van der Waals surface area contributed by atoms with Crippen LogP contribution in [0.3, 0.4) is 0 Å². The van der Waals surface area contributed by atoms with Crippen molar-refractivity contribution < 1.29 is 14.2 Å². The normalized spacial score (nSPS) is 26.6. The molecule has 0 spiro atoms. The lowest BCUT2D eigenvalue weighted by Gasteiger charge is -2.40. The molecular weight excluding hydrogens is 319 g/mol. The number of para-hydroxylation sites is 1. The molecule has 18 heavy (non-hydrogen) atoms. The highest BCUT2D eigenvalue weighted by Gasteiger charge is 2.43. The Morgan fingerprint density at radius 1 is 1.44 bits per heavy atom. The summed E-state index contributed by atoms with van der Waals surface area (Å²) in [6, 6.07) is 5.69. The molecule has 0 aliphatic heterocycles. The summed E-state index contributed by atoms with van der Waals surface area (Å²) in [5.74, 6) is 1.41. The molecule has 1 aromatic rings. The predicted octanol–water partition coefficient (Wildman–Crippen LogP) is 3.62. The minimum absolute atomic E-state index is 0.0138. The van der Waals surface area contributed by atoms with E-state index >= 15 is 0 Å². The van der Waals surface area contributed by atoms with Crippen LogP contribution in [-0.4, -0.2) is 31.3 Å². The molecular formula is C13H16BrClO3. The molecule has 3 nitrogen and oxygen atoms in total. The van der Waals surface area contributed by atoms with Gasteiger partial charge < -0.3 is 14.2 Å². The number of alkyl halides is 1. The zero-order valence-electron chi connectivity index (χ0n) is 10.4. The first-order valence-corrected chi connectivity index (χ1v) is 7.15. The lowest BCUT2D eigenvalue weighted by atomic mass is 9.91. The minimum Gasteiger partial charge on any atom is -0.493 e. The van der Waals surface area contributed by atoms with Gasteiger partial charge in [-0.05, 0) is 35.0 Å². The summed E-state index contributed by atoms with van der Waals surface area (Å²) < 4.78 is 17.7. The molecule has 1 aliphatic carbocycles. The molecule has 1 aromatic carbocycles. The van der Waals surface area contributed by atoms with E-state index in [1.165, 1.54) is 0 Å². The largest absolute Gasteiger partial charge is 0.493 e. The number of hydrogen-bond acceptors (Lipinski definition) is 3. The minimum atomic E-state index is -0.0477. The smallest absolute Gasteiger partial charge is 0.175 e. The summed E-state index contributed by atoms with van der Waals surface area (Å²) in [6.45, 7) is 2.60. The Hall–Kier alpha value is -0.450. The highest BCUT2D eigenvalue weighted by molar-refractivity contribution is 9.10. The van der Waals surface area contributed by atoms with Gasteiger partial charge in [0.2, 0.25) is 0 Å². The van der Waals surface area contributed by atoms with E-state index < -0.39 is 0 Å². The summed E-state index contributed by atoms with van der Waals surface area (Å²) in [7, 11) is 1.62. The topological polar surface area (TPSA) is 27.7 Å². The number of halogens is 2. The lowest BCUT2D eigenvalue weighted by Crippen LogP contribution is -2.52. The summed E-state index contributed by atoms with van der Waals surface area (Å²) in [5.41, 5.74) is 0. The zero-order chi connectivity index (χ0) is 13.1. The molecule has 1 aliphatic rings. The van der Waals surface area contributed by atoms with E-state index in [1.54, 1.807) is 7.11 Å². The van der Waals surface area contributed by atoms with E-state index in [1.807, 2.05) is 25.1 Å². The van der Waals surface area contributed by atoms with Crippen molar-refractivity contribution in [2.45, 2.75) is 30.9 Å². The van der Waals surface area contributed by atoms with Crippen LogP contribution in [0.5, 0.6) is 11.5 Å². The van der Waals surface area contributed by atoms with Crippen molar-refractivity contribution in [2.24, 2.45) is 0 Å². The maximum Gasteiger partial charge on any atom is 0.175 e. The maximum absolute atomic E-state index is 6.12. The Morgan fingerprint density at radius 3 is 2.83 bits per heavy atom. The molecule has 3 atom stereocenters. The van der Waals surface area contributed by atoms with Gasteiger partial charge in [0.05, 0.1) is 17.0 Å². The van der Waals surface area contributed by atoms with E-state index in [0.717, 1.165) is 10.9 Å². The Kier molecular flexibility index (Phi) is 4.76. The third-order valence-corrected chi connectivity index (χ3v) is 4.01. The molecule has 0 N–H and O–H groups in total. The van der Waals surface area contributed by atoms with Crippen molar-refractivity contribution in [2.75, 3.05) is 13.7 Å². The van der Waals surface area contributed by atoms with Crippen molar-refractivity contribution >= 4 is 27.5 Å². The van der Waals surface area contributed by atoms with Gasteiger partial charge >= 0.3 is 0 Å². The van der Waals surface area contributed by atoms with Gasteiger partial charge in [0.25, 0.3) is 0 Å². The molecule has 1 fully saturated rings. The van der Waals surface area contributed by atoms with Gasteiger partial charge in [-0.25, -0.2) is 0 Å². The highest BCUT2D eigenvalue weighted by atomic mass is 79.9. The van der Waals surface area contributed by atoms with Gasteiger partial charge in [-0.2, -0.15) is 0 Å². The van der Waals surface area contributed by atoms with E-state index in [0.29, 0.717) is 18.1 Å². The Bertz CT molecular complexity index is 413. The predicted molar refractivity (Wildman–Crippen MR) is 74.8 cm³/mol. The molecule has 0 saturated heterocycles. The Labute approximate surface area is 120 Å². The van der Waals surface area contributed by atoms with Gasteiger partial charge in [0.1, 0.15) is 12.2 Å². The summed E-state index contributed by atoms with van der Waals surface area (Å²) >= 11 is 9.59.